The number of nitrogens with one attached hydrogen (secondary N) is 2. The molecular formula is C15H23F2N3OS. The molecule has 7 heteroatoms. The van der Waals surface area contributed by atoms with Crippen molar-refractivity contribution >= 4 is 17.7 Å². The van der Waals surface area contributed by atoms with Crippen molar-refractivity contribution in [2.75, 3.05) is 25.6 Å². The fraction of sp³-hybridized carbons (Fsp3) is 0.533. The molecule has 1 aromatic rings. The highest BCUT2D eigenvalue weighted by Gasteiger charge is 2.10. The molecule has 0 aliphatic heterocycles. The SMILES string of the molecule is CN=C(NCCCSC)NCc1cc(C)ccc1OC(F)F. The van der Waals surface area contributed by atoms with Gasteiger partial charge in [-0.3, -0.25) is 4.99 Å². The van der Waals surface area contributed by atoms with E-state index < -0.39 is 6.61 Å². The summed E-state index contributed by atoms with van der Waals surface area (Å²) < 4.78 is 29.4. The second-order valence-corrected chi connectivity index (χ2v) is 5.67. The standard InChI is InChI=1S/C15H23F2N3OS/c1-11-5-6-13(21-14(16)17)12(9-11)10-20-15(18-2)19-7-4-8-22-3/h5-6,9,14H,4,7-8,10H2,1-3H3,(H2,18,19,20). The number of halogens is 2. The van der Waals surface area contributed by atoms with Crippen LogP contribution in [0, 0.1) is 6.92 Å². The minimum absolute atomic E-state index is 0.186. The van der Waals surface area contributed by atoms with Crippen molar-refractivity contribution in [2.24, 2.45) is 4.99 Å². The second kappa shape index (κ2) is 10.3. The van der Waals surface area contributed by atoms with Gasteiger partial charge in [0.25, 0.3) is 0 Å². The highest BCUT2D eigenvalue weighted by Crippen LogP contribution is 2.21. The van der Waals surface area contributed by atoms with E-state index in [4.69, 9.17) is 0 Å². The Morgan fingerprint density at radius 1 is 1.36 bits per heavy atom. The van der Waals surface area contributed by atoms with Crippen LogP contribution in [-0.4, -0.2) is 38.2 Å². The number of hydrogen-bond donors (Lipinski definition) is 2. The molecule has 1 rings (SSSR count). The average molecular weight is 331 g/mol. The Labute approximate surface area is 134 Å². The summed E-state index contributed by atoms with van der Waals surface area (Å²) in [5.74, 6) is 1.91. The monoisotopic (exact) mass is 331 g/mol. The number of guanidine groups is 1. The van der Waals surface area contributed by atoms with Crippen molar-refractivity contribution in [3.63, 3.8) is 0 Å². The predicted octanol–water partition coefficient (Wildman–Crippen LogP) is 3.01. The van der Waals surface area contributed by atoms with Crippen LogP contribution in [0.15, 0.2) is 23.2 Å². The first-order valence-corrected chi connectivity index (χ1v) is 8.44. The summed E-state index contributed by atoms with van der Waals surface area (Å²) in [6.07, 6.45) is 3.10. The lowest BCUT2D eigenvalue weighted by Gasteiger charge is -2.15. The zero-order valence-corrected chi connectivity index (χ0v) is 14.0. The fourth-order valence-corrected chi connectivity index (χ4v) is 2.31. The van der Waals surface area contributed by atoms with Gasteiger partial charge in [0.05, 0.1) is 0 Å². The minimum atomic E-state index is -2.83. The number of ether oxygens (including phenoxy) is 1. The molecule has 0 aliphatic carbocycles. The molecule has 0 saturated heterocycles. The van der Waals surface area contributed by atoms with E-state index >= 15 is 0 Å². The van der Waals surface area contributed by atoms with Crippen molar-refractivity contribution < 1.29 is 13.5 Å². The third kappa shape index (κ3) is 6.98. The summed E-state index contributed by atoms with van der Waals surface area (Å²) in [7, 11) is 1.68. The van der Waals surface area contributed by atoms with Crippen LogP contribution in [-0.2, 0) is 6.54 Å². The summed E-state index contributed by atoms with van der Waals surface area (Å²) in [6, 6.07) is 5.13. The van der Waals surface area contributed by atoms with Gasteiger partial charge in [0.2, 0.25) is 0 Å². The summed E-state index contributed by atoms with van der Waals surface area (Å²) in [5.41, 5.74) is 1.66. The number of alkyl halides is 2. The molecule has 0 spiro atoms. The van der Waals surface area contributed by atoms with Crippen molar-refractivity contribution in [3.8, 4) is 5.75 Å². The number of nitrogens with zero attached hydrogens (tertiary/aromatic N) is 1. The van der Waals surface area contributed by atoms with Crippen LogP contribution in [0.5, 0.6) is 5.75 Å². The molecule has 0 aromatic heterocycles. The molecule has 0 heterocycles. The van der Waals surface area contributed by atoms with Crippen molar-refractivity contribution in [1.82, 2.24) is 10.6 Å². The van der Waals surface area contributed by atoms with E-state index in [0.717, 1.165) is 24.3 Å². The highest BCUT2D eigenvalue weighted by molar-refractivity contribution is 7.98. The molecule has 0 fully saturated rings. The van der Waals surface area contributed by atoms with Gasteiger partial charge in [-0.25, -0.2) is 0 Å². The zero-order chi connectivity index (χ0) is 16.4. The quantitative estimate of drug-likeness (QED) is 0.437. The van der Waals surface area contributed by atoms with E-state index in [0.29, 0.717) is 18.1 Å². The Morgan fingerprint density at radius 2 is 2.14 bits per heavy atom. The lowest BCUT2D eigenvalue weighted by Crippen LogP contribution is -2.37. The Hall–Kier alpha value is -1.50. The number of thioether (sulfide) groups is 1. The van der Waals surface area contributed by atoms with Crippen molar-refractivity contribution in [2.45, 2.75) is 26.5 Å². The van der Waals surface area contributed by atoms with Gasteiger partial charge >= 0.3 is 6.61 Å². The zero-order valence-electron chi connectivity index (χ0n) is 13.2. The van der Waals surface area contributed by atoms with Gasteiger partial charge in [0.1, 0.15) is 5.75 Å². The van der Waals surface area contributed by atoms with Gasteiger partial charge in [-0.2, -0.15) is 20.5 Å². The lowest BCUT2D eigenvalue weighted by molar-refractivity contribution is -0.0504. The second-order valence-electron chi connectivity index (χ2n) is 4.69. The molecular weight excluding hydrogens is 308 g/mol. The van der Waals surface area contributed by atoms with E-state index in [1.165, 1.54) is 0 Å². The van der Waals surface area contributed by atoms with Crippen LogP contribution >= 0.6 is 11.8 Å². The van der Waals surface area contributed by atoms with Gasteiger partial charge in [-0.15, -0.1) is 0 Å². The maximum atomic E-state index is 12.4. The molecule has 0 saturated carbocycles. The summed E-state index contributed by atoms with van der Waals surface area (Å²) in [5, 5.41) is 6.30. The number of rotatable bonds is 8. The summed E-state index contributed by atoms with van der Waals surface area (Å²) >= 11 is 1.79. The van der Waals surface area contributed by atoms with E-state index in [1.54, 1.807) is 30.9 Å². The van der Waals surface area contributed by atoms with Gasteiger partial charge < -0.3 is 15.4 Å². The molecule has 0 aliphatic rings. The third-order valence-electron chi connectivity index (χ3n) is 2.92. The smallest absolute Gasteiger partial charge is 0.387 e. The van der Waals surface area contributed by atoms with E-state index in [2.05, 4.69) is 26.6 Å². The van der Waals surface area contributed by atoms with Gasteiger partial charge in [-0.05, 0) is 31.4 Å². The van der Waals surface area contributed by atoms with Gasteiger partial charge in [-0.1, -0.05) is 17.7 Å². The van der Waals surface area contributed by atoms with Crippen molar-refractivity contribution in [1.29, 1.82) is 0 Å². The molecule has 22 heavy (non-hydrogen) atoms. The number of hydrogen-bond acceptors (Lipinski definition) is 3. The number of aliphatic imine (C=N–C) groups is 1. The maximum Gasteiger partial charge on any atom is 0.387 e. The number of aryl methyl sites for hydroxylation is 1. The van der Waals surface area contributed by atoms with Crippen LogP contribution in [0.3, 0.4) is 0 Å². The molecule has 124 valence electrons. The van der Waals surface area contributed by atoms with Crippen LogP contribution in [0.2, 0.25) is 0 Å². The highest BCUT2D eigenvalue weighted by atomic mass is 32.2. The van der Waals surface area contributed by atoms with Crippen LogP contribution in [0.1, 0.15) is 17.5 Å². The molecule has 0 bridgehead atoms. The first kappa shape index (κ1) is 18.5. The van der Waals surface area contributed by atoms with E-state index in [-0.39, 0.29) is 5.75 Å². The largest absolute Gasteiger partial charge is 0.434 e. The first-order valence-electron chi connectivity index (χ1n) is 7.04. The molecule has 0 radical (unpaired) electrons. The Kier molecular flexibility index (Phi) is 8.65. The predicted molar refractivity (Wildman–Crippen MR) is 89.0 cm³/mol. The Balaban J connectivity index is 2.59. The third-order valence-corrected chi connectivity index (χ3v) is 3.62. The topological polar surface area (TPSA) is 45.7 Å². The lowest BCUT2D eigenvalue weighted by atomic mass is 10.1. The average Bonchev–Trinajstić information content (AvgIpc) is 2.48. The molecule has 0 atom stereocenters. The minimum Gasteiger partial charge on any atom is -0.434 e. The van der Waals surface area contributed by atoms with E-state index in [9.17, 15) is 8.78 Å². The van der Waals surface area contributed by atoms with Crippen molar-refractivity contribution in [3.05, 3.63) is 29.3 Å². The molecule has 2 N–H and O–H groups in total. The Bertz CT molecular complexity index is 484. The molecule has 1 aromatic carbocycles. The maximum absolute atomic E-state index is 12.4. The van der Waals surface area contributed by atoms with E-state index in [1.807, 2.05) is 13.0 Å². The van der Waals surface area contributed by atoms with Crippen LogP contribution in [0.4, 0.5) is 8.78 Å². The number of benzene rings is 1. The van der Waals surface area contributed by atoms with Gasteiger partial charge in [0, 0.05) is 25.7 Å². The fourth-order valence-electron chi connectivity index (χ4n) is 1.88. The molecule has 0 amide bonds. The Morgan fingerprint density at radius 3 is 2.77 bits per heavy atom. The molecule has 0 unspecified atom stereocenters. The van der Waals surface area contributed by atoms with Gasteiger partial charge in [0.15, 0.2) is 5.96 Å². The normalized spacial score (nSPS) is 11.6. The molecule has 4 nitrogen and oxygen atoms in total. The first-order chi connectivity index (χ1) is 10.6. The van der Waals surface area contributed by atoms with Crippen LogP contribution in [0.25, 0.3) is 0 Å². The summed E-state index contributed by atoms with van der Waals surface area (Å²) in [4.78, 5) is 4.11. The van der Waals surface area contributed by atoms with Crippen LogP contribution < -0.4 is 15.4 Å². The summed E-state index contributed by atoms with van der Waals surface area (Å²) in [6.45, 7) is 0.261.